The van der Waals surface area contributed by atoms with Crippen LogP contribution in [0, 0.1) is 13.8 Å². The molecule has 0 aliphatic carbocycles. The van der Waals surface area contributed by atoms with Gasteiger partial charge in [-0.2, -0.15) is 5.10 Å². The largest absolute Gasteiger partial charge is 0.496 e. The minimum absolute atomic E-state index is 0.326. The predicted octanol–water partition coefficient (Wildman–Crippen LogP) is 4.23. The van der Waals surface area contributed by atoms with E-state index in [4.69, 9.17) is 15.2 Å². The lowest BCUT2D eigenvalue weighted by Gasteiger charge is -2.16. The average molecular weight is 355 g/mol. The Balaban J connectivity index is 2.28. The number of benzene rings is 2. The number of amides is 2. The summed E-state index contributed by atoms with van der Waals surface area (Å²) in [7, 11) is 1.67. The van der Waals surface area contributed by atoms with Crippen LogP contribution in [0.4, 0.5) is 4.79 Å². The summed E-state index contributed by atoms with van der Waals surface area (Å²) in [5.74, 6) is 2.74. The third-order valence-corrected chi connectivity index (χ3v) is 3.91. The molecule has 3 N–H and O–H groups in total. The molecule has 2 amide bonds. The first-order chi connectivity index (χ1) is 12.3. The van der Waals surface area contributed by atoms with E-state index in [2.05, 4.69) is 24.4 Å². The highest BCUT2D eigenvalue weighted by atomic mass is 16.5. The van der Waals surface area contributed by atoms with Crippen LogP contribution < -0.4 is 20.6 Å². The van der Waals surface area contributed by atoms with E-state index in [1.165, 1.54) is 0 Å². The Morgan fingerprint density at radius 3 is 2.38 bits per heavy atom. The summed E-state index contributed by atoms with van der Waals surface area (Å²) >= 11 is 0. The van der Waals surface area contributed by atoms with Gasteiger partial charge in [0.05, 0.1) is 13.3 Å². The summed E-state index contributed by atoms with van der Waals surface area (Å²) in [6.45, 7) is 8.17. The minimum Gasteiger partial charge on any atom is -0.496 e. The molecule has 6 nitrogen and oxygen atoms in total. The molecule has 0 fully saturated rings. The van der Waals surface area contributed by atoms with Crippen molar-refractivity contribution in [2.45, 2.75) is 33.6 Å². The van der Waals surface area contributed by atoms with E-state index >= 15 is 0 Å². The number of hydrogen-bond donors (Lipinski definition) is 2. The van der Waals surface area contributed by atoms with E-state index in [-0.39, 0.29) is 0 Å². The zero-order valence-corrected chi connectivity index (χ0v) is 15.8. The van der Waals surface area contributed by atoms with E-state index in [0.717, 1.165) is 39.5 Å². The van der Waals surface area contributed by atoms with Gasteiger partial charge in [-0.1, -0.05) is 13.8 Å². The van der Waals surface area contributed by atoms with Gasteiger partial charge in [-0.3, -0.25) is 0 Å². The summed E-state index contributed by atoms with van der Waals surface area (Å²) in [5.41, 5.74) is 11.0. The Morgan fingerprint density at radius 1 is 1.19 bits per heavy atom. The average Bonchev–Trinajstić information content (AvgIpc) is 2.57. The van der Waals surface area contributed by atoms with Crippen LogP contribution in [0.3, 0.4) is 0 Å². The van der Waals surface area contributed by atoms with Crippen molar-refractivity contribution in [3.8, 4) is 17.2 Å². The molecule has 2 aromatic carbocycles. The van der Waals surface area contributed by atoms with Crippen LogP contribution >= 0.6 is 0 Å². The van der Waals surface area contributed by atoms with Crippen LogP contribution in [0.25, 0.3) is 0 Å². The second kappa shape index (κ2) is 8.38. The monoisotopic (exact) mass is 355 g/mol. The van der Waals surface area contributed by atoms with E-state index in [0.29, 0.717) is 5.92 Å². The molecular formula is C20H25N3O3. The lowest BCUT2D eigenvalue weighted by atomic mass is 10.0. The van der Waals surface area contributed by atoms with Gasteiger partial charge >= 0.3 is 6.03 Å². The van der Waals surface area contributed by atoms with Crippen LogP contribution in [-0.2, 0) is 0 Å². The number of ether oxygens (including phenoxy) is 2. The van der Waals surface area contributed by atoms with Gasteiger partial charge in [0.25, 0.3) is 0 Å². The first-order valence-electron chi connectivity index (χ1n) is 8.37. The minimum atomic E-state index is -0.699. The second-order valence-corrected chi connectivity index (χ2v) is 6.38. The SMILES string of the molecule is COc1ccc(Oc2c(C)cc(/C=N/NC(N)=O)cc2C)cc1C(C)C. The number of primary amides is 1. The van der Waals surface area contributed by atoms with Crippen LogP contribution in [0.15, 0.2) is 35.4 Å². The van der Waals surface area contributed by atoms with Crippen molar-refractivity contribution < 1.29 is 14.3 Å². The molecule has 138 valence electrons. The Hall–Kier alpha value is -3.02. The summed E-state index contributed by atoms with van der Waals surface area (Å²) in [5, 5.41) is 3.78. The lowest BCUT2D eigenvalue weighted by molar-refractivity contribution is 0.249. The van der Waals surface area contributed by atoms with E-state index in [1.54, 1.807) is 13.3 Å². The Kier molecular flexibility index (Phi) is 6.22. The molecule has 0 aliphatic rings. The van der Waals surface area contributed by atoms with Crippen molar-refractivity contribution in [3.05, 3.63) is 52.6 Å². The molecule has 0 unspecified atom stereocenters. The predicted molar refractivity (Wildman–Crippen MR) is 103 cm³/mol. The van der Waals surface area contributed by atoms with Crippen molar-refractivity contribution in [2.75, 3.05) is 7.11 Å². The number of nitrogens with zero attached hydrogens (tertiary/aromatic N) is 1. The van der Waals surface area contributed by atoms with Crippen molar-refractivity contribution in [1.82, 2.24) is 5.43 Å². The zero-order valence-electron chi connectivity index (χ0n) is 15.8. The number of urea groups is 1. The van der Waals surface area contributed by atoms with Crippen LogP contribution in [-0.4, -0.2) is 19.4 Å². The highest BCUT2D eigenvalue weighted by Crippen LogP contribution is 2.34. The van der Waals surface area contributed by atoms with E-state index < -0.39 is 6.03 Å². The fourth-order valence-corrected chi connectivity index (χ4v) is 2.73. The molecule has 2 aromatic rings. The number of rotatable bonds is 6. The molecule has 2 rings (SSSR count). The Morgan fingerprint density at radius 2 is 1.85 bits per heavy atom. The van der Waals surface area contributed by atoms with Gasteiger partial charge in [-0.15, -0.1) is 0 Å². The third-order valence-electron chi connectivity index (χ3n) is 3.91. The van der Waals surface area contributed by atoms with Gasteiger partial charge in [-0.05, 0) is 66.8 Å². The van der Waals surface area contributed by atoms with Crippen molar-refractivity contribution >= 4 is 12.2 Å². The summed E-state index contributed by atoms with van der Waals surface area (Å²) < 4.78 is 11.6. The first kappa shape index (κ1) is 19.3. The van der Waals surface area contributed by atoms with Crippen molar-refractivity contribution in [2.24, 2.45) is 10.8 Å². The summed E-state index contributed by atoms with van der Waals surface area (Å²) in [6.07, 6.45) is 1.54. The highest BCUT2D eigenvalue weighted by Gasteiger charge is 2.12. The maximum Gasteiger partial charge on any atom is 0.332 e. The zero-order chi connectivity index (χ0) is 19.3. The standard InChI is InChI=1S/C20H25N3O3/c1-12(2)17-10-16(6-7-18(17)25-5)26-19-13(3)8-15(9-14(19)4)11-22-23-20(21)24/h6-12H,1-5H3,(H3,21,23,24)/b22-11+. The summed E-state index contributed by atoms with van der Waals surface area (Å²) in [6, 6.07) is 8.99. The number of nitrogens with one attached hydrogen (secondary N) is 1. The van der Waals surface area contributed by atoms with Crippen molar-refractivity contribution in [3.63, 3.8) is 0 Å². The van der Waals surface area contributed by atoms with Gasteiger partial charge in [0.1, 0.15) is 17.2 Å². The van der Waals surface area contributed by atoms with E-state index in [9.17, 15) is 4.79 Å². The van der Waals surface area contributed by atoms with Crippen LogP contribution in [0.2, 0.25) is 0 Å². The molecule has 6 heteroatoms. The Bertz CT molecular complexity index is 806. The van der Waals surface area contributed by atoms with Crippen LogP contribution in [0.1, 0.15) is 42.0 Å². The number of carbonyl (C=O) groups is 1. The number of hydrazone groups is 1. The quantitative estimate of drug-likeness (QED) is 0.600. The first-order valence-corrected chi connectivity index (χ1v) is 8.37. The fraction of sp³-hybridized carbons (Fsp3) is 0.300. The molecule has 0 atom stereocenters. The molecule has 0 radical (unpaired) electrons. The smallest absolute Gasteiger partial charge is 0.332 e. The normalized spacial score (nSPS) is 11.0. The van der Waals surface area contributed by atoms with E-state index in [1.807, 2.05) is 44.2 Å². The second-order valence-electron chi connectivity index (χ2n) is 6.38. The molecule has 0 aromatic heterocycles. The Labute approximate surface area is 154 Å². The molecule has 0 saturated carbocycles. The molecule has 0 aliphatic heterocycles. The van der Waals surface area contributed by atoms with Gasteiger partial charge in [0.2, 0.25) is 0 Å². The number of aryl methyl sites for hydroxylation is 2. The van der Waals surface area contributed by atoms with Gasteiger partial charge in [-0.25, -0.2) is 10.2 Å². The number of hydrogen-bond acceptors (Lipinski definition) is 4. The lowest BCUT2D eigenvalue weighted by Crippen LogP contribution is -2.24. The molecule has 0 heterocycles. The molecule has 0 spiro atoms. The molecule has 0 bridgehead atoms. The third kappa shape index (κ3) is 4.75. The topological polar surface area (TPSA) is 85.9 Å². The summed E-state index contributed by atoms with van der Waals surface area (Å²) in [4.78, 5) is 10.7. The maximum atomic E-state index is 10.7. The van der Waals surface area contributed by atoms with Gasteiger partial charge < -0.3 is 15.2 Å². The molecule has 26 heavy (non-hydrogen) atoms. The number of nitrogens with two attached hydrogens (primary N) is 1. The molecule has 0 saturated heterocycles. The van der Waals surface area contributed by atoms with Gasteiger partial charge in [0, 0.05) is 5.56 Å². The van der Waals surface area contributed by atoms with Gasteiger partial charge in [0.15, 0.2) is 0 Å². The molecular weight excluding hydrogens is 330 g/mol. The number of carbonyl (C=O) groups excluding carboxylic acids is 1. The fourth-order valence-electron chi connectivity index (χ4n) is 2.73. The van der Waals surface area contributed by atoms with Crippen molar-refractivity contribution in [1.29, 1.82) is 0 Å². The highest BCUT2D eigenvalue weighted by molar-refractivity contribution is 5.82. The van der Waals surface area contributed by atoms with Crippen LogP contribution in [0.5, 0.6) is 17.2 Å². The number of methoxy groups -OCH3 is 1. The maximum absolute atomic E-state index is 10.7.